The molecular weight excluding hydrogens is 332 g/mol. The molecule has 0 amide bonds. The van der Waals surface area contributed by atoms with Crippen molar-refractivity contribution in [2.24, 2.45) is 4.99 Å². The van der Waals surface area contributed by atoms with Crippen molar-refractivity contribution < 1.29 is 4.74 Å². The van der Waals surface area contributed by atoms with Gasteiger partial charge in [-0.25, -0.2) is 0 Å². The van der Waals surface area contributed by atoms with Crippen molar-refractivity contribution >= 4 is 6.21 Å². The number of ether oxygens (including phenoxy) is 1. The monoisotopic (exact) mass is 360 g/mol. The molecule has 3 heteroatoms. The van der Waals surface area contributed by atoms with Gasteiger partial charge in [0.05, 0.1) is 19.3 Å². The fraction of sp³-hybridized carbons (Fsp3) is 0.292. The summed E-state index contributed by atoms with van der Waals surface area (Å²) in [5.74, 6) is 0.872. The average molecular weight is 361 g/mol. The molecule has 0 radical (unpaired) electrons. The highest BCUT2D eigenvalue weighted by Gasteiger charge is 2.14. The predicted molar refractivity (Wildman–Crippen MR) is 114 cm³/mol. The number of benzene rings is 2. The second-order valence-corrected chi connectivity index (χ2v) is 6.92. The summed E-state index contributed by atoms with van der Waals surface area (Å²) in [7, 11) is 1.68. The van der Waals surface area contributed by atoms with Crippen molar-refractivity contribution in [3.05, 3.63) is 82.2 Å². The summed E-state index contributed by atoms with van der Waals surface area (Å²) in [5.41, 5.74) is 8.80. The third-order valence-electron chi connectivity index (χ3n) is 5.06. The zero-order valence-corrected chi connectivity index (χ0v) is 16.9. The minimum absolute atomic E-state index is 0.665. The van der Waals surface area contributed by atoms with Crippen molar-refractivity contribution in [3.63, 3.8) is 0 Å². The minimum atomic E-state index is 0.665. The van der Waals surface area contributed by atoms with Gasteiger partial charge in [0.15, 0.2) is 0 Å². The molecule has 140 valence electrons. The summed E-state index contributed by atoms with van der Waals surface area (Å²) in [6.45, 7) is 9.40. The molecule has 0 fully saturated rings. The number of methoxy groups -OCH3 is 1. The molecule has 1 heterocycles. The van der Waals surface area contributed by atoms with Crippen LogP contribution < -0.4 is 4.74 Å². The summed E-state index contributed by atoms with van der Waals surface area (Å²) in [4.78, 5) is 4.66. The van der Waals surface area contributed by atoms with E-state index in [1.165, 1.54) is 39.3 Å². The molecule has 3 nitrogen and oxygen atoms in total. The molecule has 0 spiro atoms. The highest BCUT2D eigenvalue weighted by Crippen LogP contribution is 2.26. The van der Waals surface area contributed by atoms with Crippen LogP contribution in [0, 0.1) is 20.8 Å². The first kappa shape index (κ1) is 19.0. The molecule has 27 heavy (non-hydrogen) atoms. The number of aromatic nitrogens is 1. The van der Waals surface area contributed by atoms with Gasteiger partial charge in [-0.1, -0.05) is 37.3 Å². The van der Waals surface area contributed by atoms with Gasteiger partial charge in [-0.15, -0.1) is 0 Å². The summed E-state index contributed by atoms with van der Waals surface area (Å²) < 4.78 is 7.57. The quantitative estimate of drug-likeness (QED) is 0.526. The number of nitrogens with zero attached hydrogens (tertiary/aromatic N) is 2. The summed E-state index contributed by atoms with van der Waals surface area (Å²) in [5, 5.41) is 0. The molecule has 3 aromatic rings. The molecule has 0 unspecified atom stereocenters. The van der Waals surface area contributed by atoms with Crippen LogP contribution in [0.15, 0.2) is 53.5 Å². The van der Waals surface area contributed by atoms with Gasteiger partial charge in [0.1, 0.15) is 5.75 Å². The maximum atomic E-state index is 5.20. The first-order chi connectivity index (χ1) is 13.0. The maximum Gasteiger partial charge on any atom is 0.118 e. The number of aryl methyl sites for hydroxylation is 3. The van der Waals surface area contributed by atoms with Crippen molar-refractivity contribution in [1.29, 1.82) is 0 Å². The molecule has 0 saturated heterocycles. The van der Waals surface area contributed by atoms with Gasteiger partial charge in [-0.2, -0.15) is 0 Å². The van der Waals surface area contributed by atoms with Crippen LogP contribution >= 0.6 is 0 Å². The Labute approximate surface area is 162 Å². The number of aliphatic imine (C=N–C) groups is 1. The first-order valence-electron chi connectivity index (χ1n) is 9.45. The second-order valence-electron chi connectivity index (χ2n) is 6.92. The van der Waals surface area contributed by atoms with Crippen molar-refractivity contribution in [1.82, 2.24) is 4.57 Å². The Bertz CT molecular complexity index is 949. The van der Waals surface area contributed by atoms with Crippen LogP contribution in [-0.4, -0.2) is 17.9 Å². The van der Waals surface area contributed by atoms with Crippen LogP contribution in [0.4, 0.5) is 0 Å². The van der Waals surface area contributed by atoms with Gasteiger partial charge in [0.2, 0.25) is 0 Å². The highest BCUT2D eigenvalue weighted by molar-refractivity contribution is 5.82. The highest BCUT2D eigenvalue weighted by atomic mass is 16.5. The molecule has 2 aromatic carbocycles. The van der Waals surface area contributed by atoms with Crippen molar-refractivity contribution in [3.8, 4) is 11.4 Å². The van der Waals surface area contributed by atoms with Gasteiger partial charge in [0.25, 0.3) is 0 Å². The van der Waals surface area contributed by atoms with Crippen LogP contribution in [0.5, 0.6) is 5.75 Å². The lowest BCUT2D eigenvalue weighted by Crippen LogP contribution is -2.05. The SMILES string of the molecule is CCc1cccc(C)c1-n1c(C)cc(C=NCc2ccc(OC)cc2)c1C. The lowest BCUT2D eigenvalue weighted by molar-refractivity contribution is 0.414. The fourth-order valence-corrected chi connectivity index (χ4v) is 3.57. The third-order valence-corrected chi connectivity index (χ3v) is 5.06. The van der Waals surface area contributed by atoms with E-state index in [9.17, 15) is 0 Å². The number of para-hydroxylation sites is 1. The van der Waals surface area contributed by atoms with Crippen LogP contribution in [-0.2, 0) is 13.0 Å². The topological polar surface area (TPSA) is 26.5 Å². The van der Waals surface area contributed by atoms with Crippen LogP contribution in [0.2, 0.25) is 0 Å². The fourth-order valence-electron chi connectivity index (χ4n) is 3.57. The lowest BCUT2D eigenvalue weighted by atomic mass is 10.1. The maximum absolute atomic E-state index is 5.20. The second kappa shape index (κ2) is 8.26. The molecule has 0 saturated carbocycles. The van der Waals surface area contributed by atoms with E-state index in [0.29, 0.717) is 6.54 Å². The molecule has 0 atom stereocenters. The van der Waals surface area contributed by atoms with E-state index in [-0.39, 0.29) is 0 Å². The van der Waals surface area contributed by atoms with E-state index in [0.717, 1.165) is 12.2 Å². The zero-order valence-electron chi connectivity index (χ0n) is 16.9. The normalized spacial score (nSPS) is 11.3. The average Bonchev–Trinajstić information content (AvgIpc) is 2.95. The lowest BCUT2D eigenvalue weighted by Gasteiger charge is -2.17. The number of hydrogen-bond donors (Lipinski definition) is 0. The first-order valence-corrected chi connectivity index (χ1v) is 9.45. The van der Waals surface area contributed by atoms with Crippen molar-refractivity contribution in [2.45, 2.75) is 40.7 Å². The van der Waals surface area contributed by atoms with E-state index in [4.69, 9.17) is 4.74 Å². The molecule has 0 aliphatic carbocycles. The molecule has 0 bridgehead atoms. The van der Waals surface area contributed by atoms with E-state index in [1.54, 1.807) is 7.11 Å². The summed E-state index contributed by atoms with van der Waals surface area (Å²) in [6.07, 6.45) is 3.02. The molecule has 3 rings (SSSR count). The van der Waals surface area contributed by atoms with Gasteiger partial charge in [-0.3, -0.25) is 4.99 Å². The number of rotatable bonds is 6. The number of hydrogen-bond acceptors (Lipinski definition) is 2. The van der Waals surface area contributed by atoms with Gasteiger partial charge in [-0.05, 0) is 62.1 Å². The van der Waals surface area contributed by atoms with Crippen LogP contribution in [0.3, 0.4) is 0 Å². The predicted octanol–water partition coefficient (Wildman–Crippen LogP) is 5.59. The Morgan fingerprint density at radius 1 is 1.04 bits per heavy atom. The Hall–Kier alpha value is -2.81. The smallest absolute Gasteiger partial charge is 0.118 e. The Kier molecular flexibility index (Phi) is 5.80. The Morgan fingerprint density at radius 3 is 2.44 bits per heavy atom. The van der Waals surface area contributed by atoms with Gasteiger partial charge >= 0.3 is 0 Å². The Balaban J connectivity index is 1.88. The van der Waals surface area contributed by atoms with E-state index < -0.39 is 0 Å². The molecule has 0 aliphatic heterocycles. The van der Waals surface area contributed by atoms with Crippen LogP contribution in [0.1, 0.15) is 40.6 Å². The van der Waals surface area contributed by atoms with Crippen LogP contribution in [0.25, 0.3) is 5.69 Å². The Morgan fingerprint density at radius 2 is 1.78 bits per heavy atom. The third kappa shape index (κ3) is 3.97. The van der Waals surface area contributed by atoms with E-state index in [1.807, 2.05) is 18.3 Å². The standard InChI is InChI=1S/C24H28N2O/c1-6-21-9-7-8-17(2)24(21)26-18(3)14-22(19(26)4)16-25-15-20-10-12-23(27-5)13-11-20/h7-14,16H,6,15H2,1-5H3. The summed E-state index contributed by atoms with van der Waals surface area (Å²) >= 11 is 0. The van der Waals surface area contributed by atoms with Gasteiger partial charge in [0, 0.05) is 23.2 Å². The van der Waals surface area contributed by atoms with E-state index in [2.05, 4.69) is 73.7 Å². The summed E-state index contributed by atoms with van der Waals surface area (Å²) in [6, 6.07) is 16.8. The minimum Gasteiger partial charge on any atom is -0.497 e. The molecular formula is C24H28N2O. The van der Waals surface area contributed by atoms with Gasteiger partial charge < -0.3 is 9.30 Å². The molecule has 0 N–H and O–H groups in total. The van der Waals surface area contributed by atoms with E-state index >= 15 is 0 Å². The molecule has 0 aliphatic rings. The van der Waals surface area contributed by atoms with Crippen molar-refractivity contribution in [2.75, 3.05) is 7.11 Å². The molecule has 1 aromatic heterocycles. The zero-order chi connectivity index (χ0) is 19.4. The largest absolute Gasteiger partial charge is 0.497 e.